The molecule has 0 spiro atoms. The van der Waals surface area contributed by atoms with Crippen molar-refractivity contribution >= 4 is 5.70 Å². The second-order valence-electron chi connectivity index (χ2n) is 7.54. The molecule has 30 heavy (non-hydrogen) atoms. The summed E-state index contributed by atoms with van der Waals surface area (Å²) in [5.74, 6) is 0.558. The Hall–Kier alpha value is -2.76. The molecule has 0 atom stereocenters. The molecule has 0 radical (unpaired) electrons. The van der Waals surface area contributed by atoms with Crippen molar-refractivity contribution in [1.29, 1.82) is 0 Å². The number of aryl methyl sites for hydroxylation is 2. The minimum Gasteiger partial charge on any atom is -0.401 e. The number of rotatable bonds is 12. The van der Waals surface area contributed by atoms with Gasteiger partial charge in [-0.2, -0.15) is 5.10 Å². The molecule has 0 aliphatic heterocycles. The molecule has 6 nitrogen and oxygen atoms in total. The molecule has 0 saturated heterocycles. The maximum Gasteiger partial charge on any atom is 0.200 e. The van der Waals surface area contributed by atoms with Crippen LogP contribution in [0.2, 0.25) is 0 Å². The van der Waals surface area contributed by atoms with Crippen LogP contribution in [0.25, 0.3) is 17.2 Å². The topological polar surface area (TPSA) is 89.6 Å². The Kier molecular flexibility index (Phi) is 9.45. The van der Waals surface area contributed by atoms with Gasteiger partial charge < -0.3 is 11.1 Å². The Morgan fingerprint density at radius 1 is 0.900 bits per heavy atom. The molecule has 0 bridgehead atoms. The van der Waals surface area contributed by atoms with Gasteiger partial charge in [-0.05, 0) is 37.8 Å². The van der Waals surface area contributed by atoms with E-state index >= 15 is 0 Å². The van der Waals surface area contributed by atoms with E-state index < -0.39 is 0 Å². The third-order valence-electron chi connectivity index (χ3n) is 4.81. The molecular formula is C24H36N6. The number of hydrogen-bond donors (Lipinski definition) is 2. The van der Waals surface area contributed by atoms with Crippen LogP contribution < -0.4 is 11.1 Å². The van der Waals surface area contributed by atoms with E-state index in [1.165, 1.54) is 0 Å². The molecule has 0 aliphatic rings. The van der Waals surface area contributed by atoms with Crippen LogP contribution in [-0.4, -0.2) is 20.2 Å². The summed E-state index contributed by atoms with van der Waals surface area (Å²) < 4.78 is 0. The zero-order valence-corrected chi connectivity index (χ0v) is 19.0. The molecule has 2 rings (SSSR count). The van der Waals surface area contributed by atoms with E-state index in [9.17, 15) is 0 Å². The molecule has 0 saturated carbocycles. The minimum atomic E-state index is 0.558. The first-order valence-electron chi connectivity index (χ1n) is 11.2. The number of nitrogens with zero attached hydrogens (tertiary/aromatic N) is 4. The van der Waals surface area contributed by atoms with Crippen LogP contribution in [0.3, 0.4) is 0 Å². The van der Waals surface area contributed by atoms with Crippen LogP contribution in [0.5, 0.6) is 0 Å². The normalized spacial score (nSPS) is 11.9. The van der Waals surface area contributed by atoms with Gasteiger partial charge in [0.2, 0.25) is 5.82 Å². The zero-order valence-electron chi connectivity index (χ0n) is 19.0. The van der Waals surface area contributed by atoms with Crippen LogP contribution in [0.4, 0.5) is 0 Å². The van der Waals surface area contributed by atoms with E-state index in [1.807, 2.05) is 18.2 Å². The van der Waals surface area contributed by atoms with Crippen LogP contribution in [-0.2, 0) is 12.8 Å². The molecule has 0 unspecified atom stereocenters. The van der Waals surface area contributed by atoms with E-state index in [-0.39, 0.29) is 0 Å². The van der Waals surface area contributed by atoms with Crippen LogP contribution in [0, 0.1) is 0 Å². The van der Waals surface area contributed by atoms with Gasteiger partial charge in [0.25, 0.3) is 0 Å². The smallest absolute Gasteiger partial charge is 0.200 e. The number of hydrogen-bond acceptors (Lipinski definition) is 6. The second-order valence-corrected chi connectivity index (χ2v) is 7.54. The van der Waals surface area contributed by atoms with Gasteiger partial charge in [0.1, 0.15) is 5.69 Å². The maximum atomic E-state index is 6.27. The van der Waals surface area contributed by atoms with Gasteiger partial charge in [0.05, 0.1) is 22.8 Å². The van der Waals surface area contributed by atoms with Gasteiger partial charge in [0.15, 0.2) is 0 Å². The molecule has 0 aromatic carbocycles. The molecule has 0 amide bonds. The number of allylic oxidation sites excluding steroid dienone is 2. The molecule has 2 aromatic rings. The predicted molar refractivity (Wildman–Crippen MR) is 124 cm³/mol. The van der Waals surface area contributed by atoms with Gasteiger partial charge in [0, 0.05) is 11.4 Å². The van der Waals surface area contributed by atoms with Gasteiger partial charge in [-0.1, -0.05) is 66.0 Å². The molecule has 0 aliphatic carbocycles. The fourth-order valence-electron chi connectivity index (χ4n) is 3.30. The summed E-state index contributed by atoms with van der Waals surface area (Å²) in [5.41, 5.74) is 12.4. The number of nitrogens with one attached hydrogen (secondary N) is 1. The molecule has 162 valence electrons. The third-order valence-corrected chi connectivity index (χ3v) is 4.81. The molecule has 2 heterocycles. The first kappa shape index (κ1) is 23.5. The highest BCUT2D eigenvalue weighted by Gasteiger charge is 2.13. The average Bonchev–Trinajstić information content (AvgIpc) is 2.75. The minimum absolute atomic E-state index is 0.558. The molecule has 2 aromatic heterocycles. The van der Waals surface area contributed by atoms with Crippen molar-refractivity contribution in [3.63, 3.8) is 0 Å². The van der Waals surface area contributed by atoms with Gasteiger partial charge in [-0.15, -0.1) is 5.10 Å². The summed E-state index contributed by atoms with van der Waals surface area (Å²) in [5, 5.41) is 12.2. The summed E-state index contributed by atoms with van der Waals surface area (Å²) in [6.07, 6.45) is 7.62. The summed E-state index contributed by atoms with van der Waals surface area (Å²) in [6.45, 7) is 12.8. The van der Waals surface area contributed by atoms with Crippen molar-refractivity contribution in [2.45, 2.75) is 79.1 Å². The fraction of sp³-hybridized carbons (Fsp3) is 0.500. The number of aromatic nitrogens is 4. The predicted octanol–water partition coefficient (Wildman–Crippen LogP) is 5.17. The number of nitrogens with two attached hydrogens (primary N) is 1. The van der Waals surface area contributed by atoms with Crippen molar-refractivity contribution in [3.8, 4) is 11.5 Å². The van der Waals surface area contributed by atoms with E-state index in [2.05, 4.69) is 49.8 Å². The van der Waals surface area contributed by atoms with Crippen molar-refractivity contribution < 1.29 is 0 Å². The zero-order chi connectivity index (χ0) is 21.9. The van der Waals surface area contributed by atoms with E-state index in [0.717, 1.165) is 85.5 Å². The van der Waals surface area contributed by atoms with Crippen molar-refractivity contribution in [3.05, 3.63) is 53.3 Å². The standard InChI is InChI=1S/C24H36N6/c1-6-11-18(25)20(12-7-2)26-17(5)19-15-10-16-23(27-19)24-28-21(13-8-3)22(14-9-4)29-30-24/h10,15-16,26H,5-9,11-14,25H2,1-4H3. The van der Waals surface area contributed by atoms with Crippen molar-refractivity contribution in [2.75, 3.05) is 0 Å². The largest absolute Gasteiger partial charge is 0.401 e. The molecule has 6 heteroatoms. The lowest BCUT2D eigenvalue weighted by Crippen LogP contribution is -2.18. The van der Waals surface area contributed by atoms with E-state index in [1.54, 1.807) is 0 Å². The van der Waals surface area contributed by atoms with Crippen LogP contribution in [0.1, 0.15) is 83.3 Å². The highest BCUT2D eigenvalue weighted by molar-refractivity contribution is 5.63. The Labute approximate surface area is 181 Å². The van der Waals surface area contributed by atoms with Crippen molar-refractivity contribution in [2.24, 2.45) is 5.73 Å². The molecule has 0 fully saturated rings. The summed E-state index contributed by atoms with van der Waals surface area (Å²) in [4.78, 5) is 9.53. The first-order chi connectivity index (χ1) is 14.5. The van der Waals surface area contributed by atoms with Gasteiger partial charge >= 0.3 is 0 Å². The van der Waals surface area contributed by atoms with E-state index in [0.29, 0.717) is 11.5 Å². The van der Waals surface area contributed by atoms with Gasteiger partial charge in [-0.3, -0.25) is 0 Å². The highest BCUT2D eigenvalue weighted by Crippen LogP contribution is 2.19. The van der Waals surface area contributed by atoms with Crippen LogP contribution in [0.15, 0.2) is 36.2 Å². The lowest BCUT2D eigenvalue weighted by Gasteiger charge is -2.16. The van der Waals surface area contributed by atoms with Crippen LogP contribution >= 0.6 is 0 Å². The fourth-order valence-corrected chi connectivity index (χ4v) is 3.30. The highest BCUT2D eigenvalue weighted by atomic mass is 15.2. The third kappa shape index (κ3) is 6.37. The molecular weight excluding hydrogens is 372 g/mol. The lowest BCUT2D eigenvalue weighted by atomic mass is 10.1. The first-order valence-corrected chi connectivity index (χ1v) is 11.2. The average molecular weight is 409 g/mol. The Bertz CT molecular complexity index is 872. The molecule has 3 N–H and O–H groups in total. The van der Waals surface area contributed by atoms with Gasteiger partial charge in [-0.25, -0.2) is 9.97 Å². The quantitative estimate of drug-likeness (QED) is 0.503. The Balaban J connectivity index is 2.30. The monoisotopic (exact) mass is 408 g/mol. The lowest BCUT2D eigenvalue weighted by molar-refractivity contribution is 0.757. The Morgan fingerprint density at radius 3 is 2.27 bits per heavy atom. The van der Waals surface area contributed by atoms with E-state index in [4.69, 9.17) is 15.7 Å². The Morgan fingerprint density at radius 2 is 1.60 bits per heavy atom. The van der Waals surface area contributed by atoms with Crippen molar-refractivity contribution in [1.82, 2.24) is 25.5 Å². The number of pyridine rings is 1. The summed E-state index contributed by atoms with van der Waals surface area (Å²) in [7, 11) is 0. The summed E-state index contributed by atoms with van der Waals surface area (Å²) >= 11 is 0. The maximum absolute atomic E-state index is 6.27. The SMILES string of the molecule is C=C(NC(CCC)=C(N)CCC)c1cccc(-c2nnc(CCC)c(CCC)n2)n1. The second kappa shape index (κ2) is 12.1. The summed E-state index contributed by atoms with van der Waals surface area (Å²) in [6, 6.07) is 5.80.